The molecule has 1 aromatic heterocycles. The highest BCUT2D eigenvalue weighted by Crippen LogP contribution is 2.33. The maximum absolute atomic E-state index is 13.5. The molecule has 0 aliphatic carbocycles. The number of hydrogen-bond donors (Lipinski definition) is 1. The van der Waals surface area contributed by atoms with Crippen LogP contribution in [0.1, 0.15) is 18.5 Å². The van der Waals surface area contributed by atoms with Crippen LogP contribution in [0.15, 0.2) is 47.5 Å². The van der Waals surface area contributed by atoms with Crippen LogP contribution in [0.4, 0.5) is 15.8 Å². The predicted molar refractivity (Wildman–Crippen MR) is 108 cm³/mol. The number of piperazine rings is 1. The largest absolute Gasteiger partial charge is 0.363 e. The van der Waals surface area contributed by atoms with Crippen molar-refractivity contribution in [1.29, 1.82) is 0 Å². The summed E-state index contributed by atoms with van der Waals surface area (Å²) in [6.45, 7) is 4.54. The summed E-state index contributed by atoms with van der Waals surface area (Å²) in [6, 6.07) is 9.49. The fraction of sp³-hybridized carbons (Fsp3) is 0.300. The molecule has 0 spiro atoms. The van der Waals surface area contributed by atoms with Gasteiger partial charge in [-0.1, -0.05) is 12.1 Å². The van der Waals surface area contributed by atoms with E-state index in [-0.39, 0.29) is 22.9 Å². The number of aromatic amines is 1. The van der Waals surface area contributed by atoms with Gasteiger partial charge in [0.05, 0.1) is 22.2 Å². The van der Waals surface area contributed by atoms with Crippen LogP contribution in [-0.4, -0.2) is 46.0 Å². The van der Waals surface area contributed by atoms with Crippen LogP contribution >= 0.6 is 0 Å². The molecule has 9 heteroatoms. The lowest BCUT2D eigenvalue weighted by atomic mass is 10.1. The molecule has 2 heterocycles. The van der Waals surface area contributed by atoms with Crippen molar-refractivity contribution in [3.8, 4) is 0 Å². The molecule has 150 valence electrons. The third-order valence-corrected chi connectivity index (χ3v) is 5.47. The zero-order valence-electron chi connectivity index (χ0n) is 15.8. The molecule has 8 nitrogen and oxygen atoms in total. The molecule has 1 N–H and O–H groups in total. The van der Waals surface area contributed by atoms with Crippen molar-refractivity contribution in [2.45, 2.75) is 13.0 Å². The van der Waals surface area contributed by atoms with Crippen molar-refractivity contribution in [3.05, 3.63) is 74.6 Å². The second-order valence-electron chi connectivity index (χ2n) is 7.10. The van der Waals surface area contributed by atoms with Gasteiger partial charge in [0.25, 0.3) is 11.2 Å². The van der Waals surface area contributed by atoms with E-state index in [1.807, 2.05) is 17.9 Å². The molecule has 0 radical (unpaired) electrons. The maximum Gasteiger partial charge on any atom is 0.293 e. The molecule has 0 amide bonds. The average molecular weight is 397 g/mol. The topological polar surface area (TPSA) is 95.4 Å². The Bertz CT molecular complexity index is 1120. The zero-order chi connectivity index (χ0) is 20.5. The lowest BCUT2D eigenvalue weighted by Gasteiger charge is -2.39. The second-order valence-corrected chi connectivity index (χ2v) is 7.10. The highest BCUT2D eigenvalue weighted by Gasteiger charge is 2.27. The summed E-state index contributed by atoms with van der Waals surface area (Å²) in [5.74, 6) is -0.262. The van der Waals surface area contributed by atoms with E-state index in [9.17, 15) is 19.3 Å². The number of hydrogen-bond acceptors (Lipinski definition) is 6. The predicted octanol–water partition coefficient (Wildman–Crippen LogP) is 2.85. The molecule has 1 fully saturated rings. The summed E-state index contributed by atoms with van der Waals surface area (Å²) in [5, 5.41) is 11.8. The number of H-pyrrole nitrogens is 1. The summed E-state index contributed by atoms with van der Waals surface area (Å²) >= 11 is 0. The molecule has 2 aromatic carbocycles. The molecule has 29 heavy (non-hydrogen) atoms. The third-order valence-electron chi connectivity index (χ3n) is 5.47. The van der Waals surface area contributed by atoms with E-state index in [1.165, 1.54) is 24.5 Å². The minimum atomic E-state index is -0.469. The van der Waals surface area contributed by atoms with Gasteiger partial charge in [0, 0.05) is 38.3 Å². The van der Waals surface area contributed by atoms with Gasteiger partial charge in [0.15, 0.2) is 0 Å². The Morgan fingerprint density at radius 2 is 1.97 bits per heavy atom. The van der Waals surface area contributed by atoms with E-state index in [0.717, 1.165) is 5.56 Å². The number of benzene rings is 2. The first-order valence-corrected chi connectivity index (χ1v) is 9.34. The fourth-order valence-corrected chi connectivity index (χ4v) is 3.82. The van der Waals surface area contributed by atoms with Gasteiger partial charge in [-0.2, -0.15) is 0 Å². The highest BCUT2D eigenvalue weighted by molar-refractivity contribution is 5.87. The van der Waals surface area contributed by atoms with Crippen LogP contribution < -0.4 is 10.5 Å². The van der Waals surface area contributed by atoms with Crippen LogP contribution in [0, 0.1) is 15.9 Å². The fourth-order valence-electron chi connectivity index (χ4n) is 3.82. The first-order valence-electron chi connectivity index (χ1n) is 9.34. The Balaban J connectivity index is 1.58. The molecule has 1 aliphatic heterocycles. The average Bonchev–Trinajstić information content (AvgIpc) is 2.73. The summed E-state index contributed by atoms with van der Waals surface area (Å²) in [6.07, 6.45) is 1.29. The Morgan fingerprint density at radius 3 is 2.66 bits per heavy atom. The van der Waals surface area contributed by atoms with E-state index in [1.54, 1.807) is 12.1 Å². The van der Waals surface area contributed by atoms with E-state index in [2.05, 4.69) is 14.9 Å². The van der Waals surface area contributed by atoms with Gasteiger partial charge in [-0.25, -0.2) is 9.37 Å². The van der Waals surface area contributed by atoms with Gasteiger partial charge < -0.3 is 9.88 Å². The lowest BCUT2D eigenvalue weighted by molar-refractivity contribution is -0.384. The molecule has 0 bridgehead atoms. The van der Waals surface area contributed by atoms with Crippen LogP contribution in [-0.2, 0) is 0 Å². The van der Waals surface area contributed by atoms with E-state index < -0.39 is 10.5 Å². The number of halogens is 1. The Kier molecular flexibility index (Phi) is 4.98. The molecule has 1 atom stereocenters. The molecule has 0 saturated carbocycles. The molecule has 1 saturated heterocycles. The third kappa shape index (κ3) is 3.68. The van der Waals surface area contributed by atoms with Crippen molar-refractivity contribution in [2.24, 2.45) is 0 Å². The minimum absolute atomic E-state index is 0.0414. The van der Waals surface area contributed by atoms with Gasteiger partial charge in [0.2, 0.25) is 0 Å². The standard InChI is InChI=1S/C20H20FN5O3/c1-13(14-3-2-4-15(21)9-14)24-5-7-25(8-6-24)18-11-17-16(10-19(18)26(28)29)20(27)23-12-22-17/h2-4,9-13H,5-8H2,1H3,(H,22,23,27). The Morgan fingerprint density at radius 1 is 1.21 bits per heavy atom. The number of rotatable bonds is 4. The Labute approximate surface area is 165 Å². The molecule has 1 aliphatic rings. The summed E-state index contributed by atoms with van der Waals surface area (Å²) in [7, 11) is 0. The van der Waals surface area contributed by atoms with Gasteiger partial charge in [-0.3, -0.25) is 19.8 Å². The van der Waals surface area contributed by atoms with Gasteiger partial charge in [0.1, 0.15) is 11.5 Å². The Hall–Kier alpha value is -3.33. The van der Waals surface area contributed by atoms with Crippen LogP contribution in [0.25, 0.3) is 10.9 Å². The molecular formula is C20H20FN5O3. The van der Waals surface area contributed by atoms with Gasteiger partial charge >= 0.3 is 0 Å². The first kappa shape index (κ1) is 19.0. The van der Waals surface area contributed by atoms with E-state index in [4.69, 9.17) is 0 Å². The molecular weight excluding hydrogens is 377 g/mol. The molecule has 4 rings (SSSR count). The first-order chi connectivity index (χ1) is 13.9. The summed E-state index contributed by atoms with van der Waals surface area (Å²) in [4.78, 5) is 33.8. The number of fused-ring (bicyclic) bond motifs is 1. The summed E-state index contributed by atoms with van der Waals surface area (Å²) in [5.41, 5.74) is 1.27. The SMILES string of the molecule is CC(c1cccc(F)c1)N1CCN(c2cc3nc[nH]c(=O)c3cc2[N+](=O)[O-])CC1. The number of nitrogens with zero attached hydrogens (tertiary/aromatic N) is 4. The quantitative estimate of drug-likeness (QED) is 0.537. The number of nitro groups is 1. The van der Waals surface area contributed by atoms with Crippen molar-refractivity contribution < 1.29 is 9.31 Å². The van der Waals surface area contributed by atoms with Crippen molar-refractivity contribution in [2.75, 3.05) is 31.1 Å². The van der Waals surface area contributed by atoms with Gasteiger partial charge in [-0.05, 0) is 30.7 Å². The van der Waals surface area contributed by atoms with E-state index >= 15 is 0 Å². The zero-order valence-corrected chi connectivity index (χ0v) is 15.8. The normalized spacial score (nSPS) is 16.1. The van der Waals surface area contributed by atoms with E-state index in [0.29, 0.717) is 37.4 Å². The number of nitrogens with one attached hydrogen (secondary N) is 1. The number of aromatic nitrogens is 2. The number of anilines is 1. The number of nitro benzene ring substituents is 1. The van der Waals surface area contributed by atoms with Crippen LogP contribution in [0.3, 0.4) is 0 Å². The van der Waals surface area contributed by atoms with Crippen LogP contribution in [0.5, 0.6) is 0 Å². The van der Waals surface area contributed by atoms with Crippen molar-refractivity contribution in [3.63, 3.8) is 0 Å². The monoisotopic (exact) mass is 397 g/mol. The highest BCUT2D eigenvalue weighted by atomic mass is 19.1. The molecule has 3 aromatic rings. The maximum atomic E-state index is 13.5. The van der Waals surface area contributed by atoms with Crippen molar-refractivity contribution in [1.82, 2.24) is 14.9 Å². The van der Waals surface area contributed by atoms with Crippen molar-refractivity contribution >= 4 is 22.3 Å². The van der Waals surface area contributed by atoms with Gasteiger partial charge in [-0.15, -0.1) is 0 Å². The second kappa shape index (κ2) is 7.59. The summed E-state index contributed by atoms with van der Waals surface area (Å²) < 4.78 is 13.5. The van der Waals surface area contributed by atoms with Crippen LogP contribution in [0.2, 0.25) is 0 Å². The lowest BCUT2D eigenvalue weighted by Crippen LogP contribution is -2.47. The molecule has 1 unspecified atom stereocenters. The smallest absolute Gasteiger partial charge is 0.293 e. The minimum Gasteiger partial charge on any atom is -0.363 e.